The third-order valence-corrected chi connectivity index (χ3v) is 3.48. The van der Waals surface area contributed by atoms with E-state index in [1.54, 1.807) is 13.1 Å². The molecule has 0 unspecified atom stereocenters. The van der Waals surface area contributed by atoms with E-state index in [-0.39, 0.29) is 5.91 Å². The molecule has 0 radical (unpaired) electrons. The monoisotopic (exact) mass is 236 g/mol. The van der Waals surface area contributed by atoms with Crippen molar-refractivity contribution >= 4 is 11.6 Å². The summed E-state index contributed by atoms with van der Waals surface area (Å²) in [5, 5.41) is 4.17. The van der Waals surface area contributed by atoms with Gasteiger partial charge in [0.15, 0.2) is 0 Å². The Morgan fingerprint density at radius 1 is 1.53 bits per heavy atom. The van der Waals surface area contributed by atoms with Crippen molar-refractivity contribution in [2.75, 3.05) is 18.8 Å². The Balaban J connectivity index is 1.73. The Kier molecular flexibility index (Phi) is 3.66. The Labute approximate surface area is 102 Å². The van der Waals surface area contributed by atoms with Gasteiger partial charge in [-0.05, 0) is 25.2 Å². The highest BCUT2D eigenvalue weighted by Crippen LogP contribution is 2.21. The second-order valence-electron chi connectivity index (χ2n) is 4.77. The van der Waals surface area contributed by atoms with Gasteiger partial charge in [0.1, 0.15) is 0 Å². The van der Waals surface area contributed by atoms with Gasteiger partial charge in [0.25, 0.3) is 0 Å². The molecule has 1 aromatic heterocycles. The van der Waals surface area contributed by atoms with Crippen LogP contribution in [-0.4, -0.2) is 33.7 Å². The molecule has 0 bridgehead atoms. The van der Waals surface area contributed by atoms with Crippen LogP contribution in [0.15, 0.2) is 12.4 Å². The molecule has 2 heterocycles. The molecule has 1 amide bonds. The van der Waals surface area contributed by atoms with Crippen LogP contribution in [0.4, 0.5) is 5.69 Å². The molecule has 1 saturated heterocycles. The van der Waals surface area contributed by atoms with Gasteiger partial charge in [-0.2, -0.15) is 5.10 Å². The molecule has 1 aromatic rings. The van der Waals surface area contributed by atoms with Gasteiger partial charge in [0.05, 0.1) is 11.9 Å². The van der Waals surface area contributed by atoms with E-state index in [2.05, 4.69) is 5.10 Å². The predicted octanol–water partition coefficient (Wildman–Crippen LogP) is 1.11. The van der Waals surface area contributed by atoms with E-state index in [1.807, 2.05) is 15.8 Å². The van der Waals surface area contributed by atoms with Crippen molar-refractivity contribution in [1.82, 2.24) is 14.7 Å². The molecule has 17 heavy (non-hydrogen) atoms. The van der Waals surface area contributed by atoms with Crippen molar-refractivity contribution in [1.29, 1.82) is 0 Å². The number of rotatable bonds is 3. The zero-order chi connectivity index (χ0) is 12.3. The quantitative estimate of drug-likeness (QED) is 0.855. The van der Waals surface area contributed by atoms with Crippen molar-refractivity contribution in [2.45, 2.75) is 32.7 Å². The number of nitrogens with zero attached hydrogens (tertiary/aromatic N) is 3. The van der Waals surface area contributed by atoms with Crippen LogP contribution < -0.4 is 5.73 Å². The average molecular weight is 236 g/mol. The second kappa shape index (κ2) is 5.21. The van der Waals surface area contributed by atoms with Gasteiger partial charge in [-0.3, -0.25) is 9.48 Å². The van der Waals surface area contributed by atoms with Gasteiger partial charge in [0.2, 0.25) is 5.91 Å². The largest absolute Gasteiger partial charge is 0.396 e. The highest BCUT2D eigenvalue weighted by atomic mass is 16.2. The van der Waals surface area contributed by atoms with Crippen LogP contribution in [-0.2, 0) is 11.3 Å². The second-order valence-corrected chi connectivity index (χ2v) is 4.77. The average Bonchev–Trinajstić information content (AvgIpc) is 2.73. The summed E-state index contributed by atoms with van der Waals surface area (Å²) in [6.45, 7) is 4.37. The summed E-state index contributed by atoms with van der Waals surface area (Å²) >= 11 is 0. The first-order chi connectivity index (χ1) is 8.15. The van der Waals surface area contributed by atoms with E-state index < -0.39 is 0 Å². The van der Waals surface area contributed by atoms with Crippen LogP contribution in [0.5, 0.6) is 0 Å². The number of hydrogen-bond donors (Lipinski definition) is 1. The molecular formula is C12H20N4O. The number of aryl methyl sites for hydroxylation is 1. The zero-order valence-electron chi connectivity index (χ0n) is 10.3. The minimum Gasteiger partial charge on any atom is -0.396 e. The first-order valence-electron chi connectivity index (χ1n) is 6.18. The molecule has 94 valence electrons. The fourth-order valence-corrected chi connectivity index (χ4v) is 2.35. The van der Waals surface area contributed by atoms with Crippen molar-refractivity contribution in [3.63, 3.8) is 0 Å². The van der Waals surface area contributed by atoms with E-state index in [1.165, 1.54) is 0 Å². The normalized spacial score (nSPS) is 17.4. The number of hydrogen-bond acceptors (Lipinski definition) is 3. The lowest BCUT2D eigenvalue weighted by Gasteiger charge is -2.31. The topological polar surface area (TPSA) is 64.2 Å². The predicted molar refractivity (Wildman–Crippen MR) is 66.2 cm³/mol. The molecular weight excluding hydrogens is 216 g/mol. The van der Waals surface area contributed by atoms with Gasteiger partial charge < -0.3 is 10.6 Å². The summed E-state index contributed by atoms with van der Waals surface area (Å²) < 4.78 is 1.90. The van der Waals surface area contributed by atoms with Crippen LogP contribution in [0.1, 0.15) is 26.2 Å². The maximum Gasteiger partial charge on any atom is 0.219 e. The Morgan fingerprint density at radius 3 is 2.76 bits per heavy atom. The maximum atomic E-state index is 11.2. The van der Waals surface area contributed by atoms with Gasteiger partial charge >= 0.3 is 0 Å². The van der Waals surface area contributed by atoms with Crippen molar-refractivity contribution in [3.05, 3.63) is 12.4 Å². The molecule has 1 fully saturated rings. The third kappa shape index (κ3) is 3.22. The molecule has 0 saturated carbocycles. The number of aromatic nitrogens is 2. The van der Waals surface area contributed by atoms with Gasteiger partial charge in [-0.15, -0.1) is 0 Å². The lowest BCUT2D eigenvalue weighted by molar-refractivity contribution is -0.130. The SMILES string of the molecule is CC(=O)N1CCC(CCn2cc(N)cn2)CC1. The van der Waals surface area contributed by atoms with Crippen molar-refractivity contribution in [2.24, 2.45) is 5.92 Å². The van der Waals surface area contributed by atoms with Gasteiger partial charge in [0, 0.05) is 32.8 Å². The smallest absolute Gasteiger partial charge is 0.219 e. The molecule has 2 N–H and O–H groups in total. The summed E-state index contributed by atoms with van der Waals surface area (Å²) in [6, 6.07) is 0. The zero-order valence-corrected chi connectivity index (χ0v) is 10.3. The number of amides is 1. The van der Waals surface area contributed by atoms with Crippen LogP contribution in [0.3, 0.4) is 0 Å². The summed E-state index contributed by atoms with van der Waals surface area (Å²) in [5.41, 5.74) is 6.33. The van der Waals surface area contributed by atoms with Crippen molar-refractivity contribution in [3.8, 4) is 0 Å². The summed E-state index contributed by atoms with van der Waals surface area (Å²) in [5.74, 6) is 0.902. The van der Waals surface area contributed by atoms with Crippen LogP contribution >= 0.6 is 0 Å². The van der Waals surface area contributed by atoms with E-state index in [4.69, 9.17) is 5.73 Å². The minimum atomic E-state index is 0.197. The minimum absolute atomic E-state index is 0.197. The standard InChI is InChI=1S/C12H20N4O/c1-10(17)15-5-2-11(3-6-15)4-7-16-9-12(13)8-14-16/h8-9,11H,2-7,13H2,1H3. The number of nitrogens with two attached hydrogens (primary N) is 1. The van der Waals surface area contributed by atoms with Crippen LogP contribution in [0, 0.1) is 5.92 Å². The number of likely N-dealkylation sites (tertiary alicyclic amines) is 1. The highest BCUT2D eigenvalue weighted by Gasteiger charge is 2.20. The fraction of sp³-hybridized carbons (Fsp3) is 0.667. The first kappa shape index (κ1) is 12.0. The molecule has 0 atom stereocenters. The summed E-state index contributed by atoms with van der Waals surface area (Å²) in [4.78, 5) is 13.1. The number of carbonyl (C=O) groups is 1. The molecule has 2 rings (SSSR count). The number of nitrogen functional groups attached to an aromatic ring is 1. The molecule has 1 aliphatic rings. The third-order valence-electron chi connectivity index (χ3n) is 3.48. The van der Waals surface area contributed by atoms with E-state index >= 15 is 0 Å². The fourth-order valence-electron chi connectivity index (χ4n) is 2.35. The molecule has 0 spiro atoms. The molecule has 5 nitrogen and oxygen atoms in total. The molecule has 5 heteroatoms. The Hall–Kier alpha value is -1.52. The Bertz CT molecular complexity index is 380. The van der Waals surface area contributed by atoms with Gasteiger partial charge in [-0.1, -0.05) is 0 Å². The van der Waals surface area contributed by atoms with Crippen LogP contribution in [0.25, 0.3) is 0 Å². The first-order valence-corrected chi connectivity index (χ1v) is 6.18. The van der Waals surface area contributed by atoms with E-state index in [0.29, 0.717) is 5.92 Å². The molecule has 0 aliphatic carbocycles. The maximum absolute atomic E-state index is 11.2. The van der Waals surface area contributed by atoms with Crippen molar-refractivity contribution < 1.29 is 4.79 Å². The van der Waals surface area contributed by atoms with E-state index in [9.17, 15) is 4.79 Å². The summed E-state index contributed by atoms with van der Waals surface area (Å²) in [6.07, 6.45) is 6.88. The van der Waals surface area contributed by atoms with E-state index in [0.717, 1.165) is 44.6 Å². The number of piperidine rings is 1. The molecule has 0 aromatic carbocycles. The lowest BCUT2D eigenvalue weighted by atomic mass is 9.93. The molecule has 1 aliphatic heterocycles. The summed E-state index contributed by atoms with van der Waals surface area (Å²) in [7, 11) is 0. The van der Waals surface area contributed by atoms with Crippen LogP contribution in [0.2, 0.25) is 0 Å². The number of carbonyl (C=O) groups excluding carboxylic acids is 1. The highest BCUT2D eigenvalue weighted by molar-refractivity contribution is 5.73. The number of anilines is 1. The Morgan fingerprint density at radius 2 is 2.24 bits per heavy atom. The van der Waals surface area contributed by atoms with Gasteiger partial charge in [-0.25, -0.2) is 0 Å². The lowest BCUT2D eigenvalue weighted by Crippen LogP contribution is -2.37.